The van der Waals surface area contributed by atoms with Crippen LogP contribution in [0.5, 0.6) is 5.75 Å². The van der Waals surface area contributed by atoms with Crippen molar-refractivity contribution in [3.8, 4) is 17.1 Å². The minimum absolute atomic E-state index is 0.228. The molecule has 5 rings (SSSR count). The minimum atomic E-state index is -0.455. The molecule has 0 radical (unpaired) electrons. The summed E-state index contributed by atoms with van der Waals surface area (Å²) in [5, 5.41) is 7.79. The molecule has 2 heterocycles. The highest BCUT2D eigenvalue weighted by Gasteiger charge is 2.35. The Morgan fingerprint density at radius 3 is 2.49 bits per heavy atom. The van der Waals surface area contributed by atoms with Crippen LogP contribution in [0.4, 0.5) is 14.5 Å². The van der Waals surface area contributed by atoms with Crippen molar-refractivity contribution in [3.63, 3.8) is 0 Å². The lowest BCUT2D eigenvalue weighted by atomic mass is 9.94. The predicted molar refractivity (Wildman–Crippen MR) is 133 cm³/mol. The van der Waals surface area contributed by atoms with E-state index in [-0.39, 0.29) is 17.5 Å². The van der Waals surface area contributed by atoms with Gasteiger partial charge >= 0.3 is 0 Å². The number of rotatable bonds is 5. The molecule has 0 saturated carbocycles. The first-order valence-corrected chi connectivity index (χ1v) is 11.2. The number of methoxy groups -OCH3 is 1. The number of hydrogen-bond acceptors (Lipinski definition) is 5. The van der Waals surface area contributed by atoms with Gasteiger partial charge in [0.25, 0.3) is 5.89 Å². The maximum absolute atomic E-state index is 14.1. The SMILES string of the molecule is COc1cccc(C2NC(=S)N(c3cccc(F)c3)C(C)=C2c2nc(-c3cccc(F)c3)no2)c1. The molecule has 35 heavy (non-hydrogen) atoms. The average molecular weight is 491 g/mol. The number of allylic oxidation sites excluding steroid dienone is 1. The van der Waals surface area contributed by atoms with Crippen molar-refractivity contribution in [2.45, 2.75) is 13.0 Å². The molecule has 4 aromatic rings. The van der Waals surface area contributed by atoms with E-state index in [0.717, 1.165) is 5.56 Å². The predicted octanol–water partition coefficient (Wildman–Crippen LogP) is 5.89. The highest BCUT2D eigenvalue weighted by atomic mass is 32.1. The van der Waals surface area contributed by atoms with Crippen LogP contribution >= 0.6 is 12.2 Å². The summed E-state index contributed by atoms with van der Waals surface area (Å²) in [6.07, 6.45) is 0. The molecular weight excluding hydrogens is 470 g/mol. The fourth-order valence-electron chi connectivity index (χ4n) is 4.09. The second-order valence-corrected chi connectivity index (χ2v) is 8.29. The molecule has 3 aromatic carbocycles. The van der Waals surface area contributed by atoms with Gasteiger partial charge in [0.1, 0.15) is 17.4 Å². The molecule has 1 aliphatic rings. The molecule has 1 aromatic heterocycles. The van der Waals surface area contributed by atoms with E-state index in [1.807, 2.05) is 31.2 Å². The monoisotopic (exact) mass is 490 g/mol. The summed E-state index contributed by atoms with van der Waals surface area (Å²) in [7, 11) is 1.59. The number of anilines is 1. The fourth-order valence-corrected chi connectivity index (χ4v) is 4.46. The van der Waals surface area contributed by atoms with Gasteiger partial charge in [0.15, 0.2) is 5.11 Å². The molecule has 1 unspecified atom stereocenters. The van der Waals surface area contributed by atoms with E-state index in [1.54, 1.807) is 36.3 Å². The van der Waals surface area contributed by atoms with E-state index < -0.39 is 11.9 Å². The highest BCUT2D eigenvalue weighted by molar-refractivity contribution is 7.80. The molecule has 1 atom stereocenters. The Balaban J connectivity index is 1.67. The van der Waals surface area contributed by atoms with Crippen LogP contribution in [0.3, 0.4) is 0 Å². The van der Waals surface area contributed by atoms with Gasteiger partial charge in [-0.2, -0.15) is 4.98 Å². The van der Waals surface area contributed by atoms with Crippen molar-refractivity contribution in [3.05, 3.63) is 102 Å². The zero-order valence-electron chi connectivity index (χ0n) is 18.8. The molecule has 9 heteroatoms. The lowest BCUT2D eigenvalue weighted by Gasteiger charge is -2.37. The molecule has 176 valence electrons. The van der Waals surface area contributed by atoms with Gasteiger partial charge in [-0.1, -0.05) is 35.5 Å². The van der Waals surface area contributed by atoms with Gasteiger partial charge in [-0.05, 0) is 67.2 Å². The van der Waals surface area contributed by atoms with Crippen LogP contribution in [-0.4, -0.2) is 22.4 Å². The van der Waals surface area contributed by atoms with Crippen LogP contribution in [0.2, 0.25) is 0 Å². The van der Waals surface area contributed by atoms with Gasteiger partial charge in [-0.3, -0.25) is 4.90 Å². The molecule has 1 aliphatic heterocycles. The maximum atomic E-state index is 14.1. The molecule has 0 amide bonds. The van der Waals surface area contributed by atoms with Gasteiger partial charge in [-0.15, -0.1) is 0 Å². The Kier molecular flexibility index (Phi) is 6.00. The van der Waals surface area contributed by atoms with E-state index in [4.69, 9.17) is 21.5 Å². The standard InChI is InChI=1S/C26H20F2N4O2S/c1-15-22(25-30-24(31-34-25)17-7-3-8-18(27)12-17)23(16-6-4-11-21(13-16)33-2)29-26(35)32(15)20-10-5-9-19(28)14-20/h3-14,23H,1-2H3,(H,29,35). The summed E-state index contributed by atoms with van der Waals surface area (Å²) in [5.74, 6) is 0.354. The van der Waals surface area contributed by atoms with Gasteiger partial charge in [0.05, 0.1) is 24.4 Å². The van der Waals surface area contributed by atoms with E-state index in [2.05, 4.69) is 15.5 Å². The van der Waals surface area contributed by atoms with E-state index in [1.165, 1.54) is 24.3 Å². The third-order valence-corrected chi connectivity index (χ3v) is 6.02. The van der Waals surface area contributed by atoms with Crippen LogP contribution in [0, 0.1) is 11.6 Å². The van der Waals surface area contributed by atoms with Gasteiger partial charge in [0.2, 0.25) is 5.82 Å². The van der Waals surface area contributed by atoms with Crippen LogP contribution in [0.1, 0.15) is 24.4 Å². The van der Waals surface area contributed by atoms with Crippen molar-refractivity contribution < 1.29 is 18.0 Å². The summed E-state index contributed by atoms with van der Waals surface area (Å²) in [4.78, 5) is 6.29. The minimum Gasteiger partial charge on any atom is -0.497 e. The van der Waals surface area contributed by atoms with Crippen molar-refractivity contribution in [2.24, 2.45) is 0 Å². The smallest absolute Gasteiger partial charge is 0.258 e. The number of benzene rings is 3. The first-order chi connectivity index (χ1) is 16.9. The van der Waals surface area contributed by atoms with Crippen LogP contribution < -0.4 is 15.0 Å². The largest absolute Gasteiger partial charge is 0.497 e. The van der Waals surface area contributed by atoms with Crippen molar-refractivity contribution in [1.82, 2.24) is 15.5 Å². The lowest BCUT2D eigenvalue weighted by Crippen LogP contribution is -2.46. The summed E-state index contributed by atoms with van der Waals surface area (Å²) in [6, 6.07) is 19.2. The van der Waals surface area contributed by atoms with Gasteiger partial charge < -0.3 is 14.6 Å². The van der Waals surface area contributed by atoms with Crippen LogP contribution in [0.15, 0.2) is 83.0 Å². The number of thiocarbonyl (C=S) groups is 1. The molecule has 0 fully saturated rings. The number of halogens is 2. The summed E-state index contributed by atoms with van der Waals surface area (Å²) < 4.78 is 38.9. The number of aromatic nitrogens is 2. The third-order valence-electron chi connectivity index (χ3n) is 5.72. The summed E-state index contributed by atoms with van der Waals surface area (Å²) in [6.45, 7) is 1.85. The zero-order chi connectivity index (χ0) is 24.5. The molecule has 1 N–H and O–H groups in total. The number of nitrogens with zero attached hydrogens (tertiary/aromatic N) is 3. The Labute approximate surface area is 205 Å². The van der Waals surface area contributed by atoms with Crippen molar-refractivity contribution >= 4 is 28.6 Å². The Hall–Kier alpha value is -4.11. The normalized spacial score (nSPS) is 15.8. The van der Waals surface area contributed by atoms with E-state index >= 15 is 0 Å². The molecule has 6 nitrogen and oxygen atoms in total. The number of hydrogen-bond donors (Lipinski definition) is 1. The quantitative estimate of drug-likeness (QED) is 0.350. The summed E-state index contributed by atoms with van der Waals surface area (Å²) in [5.41, 5.74) is 3.21. The maximum Gasteiger partial charge on any atom is 0.258 e. The second-order valence-electron chi connectivity index (χ2n) is 7.91. The van der Waals surface area contributed by atoms with Crippen molar-refractivity contribution in [2.75, 3.05) is 12.0 Å². The van der Waals surface area contributed by atoms with Crippen molar-refractivity contribution in [1.29, 1.82) is 0 Å². The first-order valence-electron chi connectivity index (χ1n) is 10.8. The zero-order valence-corrected chi connectivity index (χ0v) is 19.6. The molecule has 0 aliphatic carbocycles. The first kappa shape index (κ1) is 22.7. The molecule has 0 spiro atoms. The third kappa shape index (κ3) is 4.38. The molecule has 0 saturated heterocycles. The molecule has 0 bridgehead atoms. The fraction of sp³-hybridized carbons (Fsp3) is 0.115. The van der Waals surface area contributed by atoms with Gasteiger partial charge in [0, 0.05) is 11.3 Å². The van der Waals surface area contributed by atoms with E-state index in [9.17, 15) is 8.78 Å². The van der Waals surface area contributed by atoms with Gasteiger partial charge in [-0.25, -0.2) is 8.78 Å². The Morgan fingerprint density at radius 2 is 1.74 bits per heavy atom. The lowest BCUT2D eigenvalue weighted by molar-refractivity contribution is 0.403. The summed E-state index contributed by atoms with van der Waals surface area (Å²) >= 11 is 5.69. The number of ether oxygens (including phenoxy) is 1. The Bertz CT molecular complexity index is 1450. The molecular formula is C26H20F2N4O2S. The topological polar surface area (TPSA) is 63.4 Å². The van der Waals surface area contributed by atoms with Crippen LogP contribution in [-0.2, 0) is 0 Å². The Morgan fingerprint density at radius 1 is 1.00 bits per heavy atom. The average Bonchev–Trinajstić information content (AvgIpc) is 3.33. The second kappa shape index (κ2) is 9.27. The number of nitrogens with one attached hydrogen (secondary N) is 1. The highest BCUT2D eigenvalue weighted by Crippen LogP contribution is 2.40. The van der Waals surface area contributed by atoms with E-state index in [0.29, 0.717) is 33.4 Å². The van der Waals surface area contributed by atoms with Crippen LogP contribution in [0.25, 0.3) is 17.0 Å².